The van der Waals surface area contributed by atoms with Gasteiger partial charge in [0.25, 0.3) is 0 Å². The summed E-state index contributed by atoms with van der Waals surface area (Å²) in [5.74, 6) is 0.611. The standard InChI is InChI=1S/C13H17ClN4O2/c1-19-6-5-15-8-10-9-18(17-16-10)11-3-4-12(14)13(7-11)20-2/h3-4,7,9,15H,5-6,8H2,1-2H3. The average molecular weight is 297 g/mol. The van der Waals surface area contributed by atoms with Gasteiger partial charge in [0.05, 0.1) is 36.3 Å². The summed E-state index contributed by atoms with van der Waals surface area (Å²) < 4.78 is 11.8. The zero-order valence-electron chi connectivity index (χ0n) is 11.5. The third kappa shape index (κ3) is 3.69. The molecular formula is C13H17ClN4O2. The van der Waals surface area contributed by atoms with E-state index in [1.807, 2.05) is 18.3 Å². The van der Waals surface area contributed by atoms with Gasteiger partial charge in [0, 0.05) is 26.3 Å². The minimum Gasteiger partial charge on any atom is -0.495 e. The van der Waals surface area contributed by atoms with Gasteiger partial charge in [-0.25, -0.2) is 4.68 Å². The molecule has 0 amide bonds. The van der Waals surface area contributed by atoms with Gasteiger partial charge in [-0.1, -0.05) is 16.8 Å². The molecule has 2 aromatic rings. The number of ether oxygens (including phenoxy) is 2. The van der Waals surface area contributed by atoms with Gasteiger partial charge in [0.1, 0.15) is 5.75 Å². The zero-order chi connectivity index (χ0) is 14.4. The van der Waals surface area contributed by atoms with E-state index in [1.165, 1.54) is 0 Å². The quantitative estimate of drug-likeness (QED) is 0.788. The van der Waals surface area contributed by atoms with E-state index in [-0.39, 0.29) is 0 Å². The Labute approximate surface area is 122 Å². The summed E-state index contributed by atoms with van der Waals surface area (Å²) in [6.45, 7) is 2.09. The van der Waals surface area contributed by atoms with Crippen LogP contribution in [0.3, 0.4) is 0 Å². The minimum absolute atomic E-state index is 0.567. The van der Waals surface area contributed by atoms with Crippen molar-refractivity contribution in [3.63, 3.8) is 0 Å². The largest absolute Gasteiger partial charge is 0.495 e. The number of nitrogens with zero attached hydrogens (tertiary/aromatic N) is 3. The van der Waals surface area contributed by atoms with Crippen molar-refractivity contribution in [2.45, 2.75) is 6.54 Å². The lowest BCUT2D eigenvalue weighted by Gasteiger charge is -2.05. The van der Waals surface area contributed by atoms with E-state index in [4.69, 9.17) is 21.1 Å². The molecule has 0 fully saturated rings. The number of rotatable bonds is 7. The highest BCUT2D eigenvalue weighted by Crippen LogP contribution is 2.26. The number of benzene rings is 1. The lowest BCUT2D eigenvalue weighted by Crippen LogP contribution is -2.18. The first kappa shape index (κ1) is 14.8. The molecule has 0 aliphatic rings. The zero-order valence-corrected chi connectivity index (χ0v) is 12.2. The van der Waals surface area contributed by atoms with Crippen LogP contribution in [0.25, 0.3) is 5.69 Å². The molecule has 1 N–H and O–H groups in total. The topological polar surface area (TPSA) is 61.2 Å². The average Bonchev–Trinajstić information content (AvgIpc) is 2.93. The SMILES string of the molecule is COCCNCc1cn(-c2ccc(Cl)c(OC)c2)nn1. The van der Waals surface area contributed by atoms with Gasteiger partial charge in [-0.3, -0.25) is 0 Å². The third-order valence-electron chi connectivity index (χ3n) is 2.73. The Morgan fingerprint density at radius 2 is 2.20 bits per heavy atom. The second kappa shape index (κ2) is 7.23. The van der Waals surface area contributed by atoms with Crippen LogP contribution in [0, 0.1) is 0 Å². The molecule has 0 aliphatic carbocycles. The highest BCUT2D eigenvalue weighted by Gasteiger charge is 2.06. The van der Waals surface area contributed by atoms with Crippen LogP contribution in [0.1, 0.15) is 5.69 Å². The summed E-state index contributed by atoms with van der Waals surface area (Å²) in [6.07, 6.45) is 1.86. The highest BCUT2D eigenvalue weighted by atomic mass is 35.5. The predicted molar refractivity (Wildman–Crippen MR) is 76.5 cm³/mol. The van der Waals surface area contributed by atoms with Gasteiger partial charge in [0.15, 0.2) is 0 Å². The smallest absolute Gasteiger partial charge is 0.139 e. The number of halogens is 1. The second-order valence-corrected chi connectivity index (χ2v) is 4.55. The molecule has 0 bridgehead atoms. The van der Waals surface area contributed by atoms with Crippen LogP contribution in [0.4, 0.5) is 0 Å². The first-order valence-electron chi connectivity index (χ1n) is 6.19. The molecule has 2 rings (SSSR count). The van der Waals surface area contributed by atoms with Crippen LogP contribution in [0.15, 0.2) is 24.4 Å². The van der Waals surface area contributed by atoms with Gasteiger partial charge in [-0.2, -0.15) is 0 Å². The fraction of sp³-hybridized carbons (Fsp3) is 0.385. The molecule has 0 spiro atoms. The molecule has 1 aromatic carbocycles. The lowest BCUT2D eigenvalue weighted by atomic mass is 10.3. The van der Waals surface area contributed by atoms with Gasteiger partial charge in [-0.15, -0.1) is 5.10 Å². The van der Waals surface area contributed by atoms with Crippen molar-refractivity contribution < 1.29 is 9.47 Å². The van der Waals surface area contributed by atoms with Crippen LogP contribution in [-0.2, 0) is 11.3 Å². The molecule has 7 heteroatoms. The van der Waals surface area contributed by atoms with Crippen molar-refractivity contribution in [3.05, 3.63) is 35.1 Å². The van der Waals surface area contributed by atoms with Crippen LogP contribution < -0.4 is 10.1 Å². The summed E-state index contributed by atoms with van der Waals surface area (Å²) in [5, 5.41) is 12.0. The molecule has 6 nitrogen and oxygen atoms in total. The number of methoxy groups -OCH3 is 2. The van der Waals surface area contributed by atoms with E-state index in [0.717, 1.165) is 17.9 Å². The maximum Gasteiger partial charge on any atom is 0.139 e. The van der Waals surface area contributed by atoms with Gasteiger partial charge >= 0.3 is 0 Å². The fourth-order valence-corrected chi connectivity index (χ4v) is 1.88. The Balaban J connectivity index is 2.04. The predicted octanol–water partition coefficient (Wildman–Crippen LogP) is 1.67. The van der Waals surface area contributed by atoms with E-state index in [0.29, 0.717) is 23.9 Å². The number of hydrogen-bond acceptors (Lipinski definition) is 5. The van der Waals surface area contributed by atoms with E-state index < -0.39 is 0 Å². The third-order valence-corrected chi connectivity index (χ3v) is 3.04. The van der Waals surface area contributed by atoms with Crippen LogP contribution in [0.2, 0.25) is 5.02 Å². The van der Waals surface area contributed by atoms with Crippen molar-refractivity contribution in [2.24, 2.45) is 0 Å². The van der Waals surface area contributed by atoms with E-state index in [2.05, 4.69) is 15.6 Å². The molecule has 20 heavy (non-hydrogen) atoms. The molecule has 0 aliphatic heterocycles. The van der Waals surface area contributed by atoms with Gasteiger partial charge in [-0.05, 0) is 12.1 Å². The summed E-state index contributed by atoms with van der Waals surface area (Å²) >= 11 is 6.00. The Kier molecular flexibility index (Phi) is 5.34. The molecule has 0 saturated heterocycles. The first-order valence-corrected chi connectivity index (χ1v) is 6.57. The van der Waals surface area contributed by atoms with E-state index in [9.17, 15) is 0 Å². The normalized spacial score (nSPS) is 10.8. The maximum absolute atomic E-state index is 6.00. The Bertz CT molecular complexity index is 559. The number of aromatic nitrogens is 3. The summed E-state index contributed by atoms with van der Waals surface area (Å²) in [6, 6.07) is 5.45. The molecule has 1 heterocycles. The van der Waals surface area contributed by atoms with E-state index >= 15 is 0 Å². The monoisotopic (exact) mass is 296 g/mol. The van der Waals surface area contributed by atoms with Crippen molar-refractivity contribution in [1.29, 1.82) is 0 Å². The molecule has 108 valence electrons. The molecule has 0 saturated carbocycles. The van der Waals surface area contributed by atoms with Crippen molar-refractivity contribution in [3.8, 4) is 11.4 Å². The first-order chi connectivity index (χ1) is 9.74. The summed E-state index contributed by atoms with van der Waals surface area (Å²) in [7, 11) is 3.25. The molecule has 0 radical (unpaired) electrons. The van der Waals surface area contributed by atoms with Gasteiger partial charge < -0.3 is 14.8 Å². The minimum atomic E-state index is 0.567. The van der Waals surface area contributed by atoms with Crippen LogP contribution >= 0.6 is 11.6 Å². The second-order valence-electron chi connectivity index (χ2n) is 4.14. The maximum atomic E-state index is 6.00. The number of nitrogens with one attached hydrogen (secondary N) is 1. The summed E-state index contributed by atoms with van der Waals surface area (Å²) in [4.78, 5) is 0. The summed E-state index contributed by atoms with van der Waals surface area (Å²) in [5.41, 5.74) is 1.71. The molecule has 0 unspecified atom stereocenters. The molecule has 0 atom stereocenters. The molecular weight excluding hydrogens is 280 g/mol. The number of hydrogen-bond donors (Lipinski definition) is 1. The molecule has 1 aromatic heterocycles. The lowest BCUT2D eigenvalue weighted by molar-refractivity contribution is 0.199. The van der Waals surface area contributed by atoms with Crippen molar-refractivity contribution in [1.82, 2.24) is 20.3 Å². The van der Waals surface area contributed by atoms with E-state index in [1.54, 1.807) is 25.0 Å². The Morgan fingerprint density at radius 3 is 2.95 bits per heavy atom. The van der Waals surface area contributed by atoms with Crippen molar-refractivity contribution in [2.75, 3.05) is 27.4 Å². The highest BCUT2D eigenvalue weighted by molar-refractivity contribution is 6.32. The Morgan fingerprint density at radius 1 is 1.35 bits per heavy atom. The fourth-order valence-electron chi connectivity index (χ4n) is 1.69. The Hall–Kier alpha value is -1.63. The van der Waals surface area contributed by atoms with Crippen LogP contribution in [0.5, 0.6) is 5.75 Å². The van der Waals surface area contributed by atoms with Crippen molar-refractivity contribution >= 4 is 11.6 Å². The van der Waals surface area contributed by atoms with Crippen LogP contribution in [-0.4, -0.2) is 42.4 Å². The van der Waals surface area contributed by atoms with Gasteiger partial charge in [0.2, 0.25) is 0 Å².